The van der Waals surface area contributed by atoms with E-state index in [1.165, 1.54) is 11.1 Å². The highest BCUT2D eigenvalue weighted by Crippen LogP contribution is 2.29. The monoisotopic (exact) mass is 384 g/mol. The number of nitrogens with zero attached hydrogens (tertiary/aromatic N) is 2. The Hall–Kier alpha value is -1.69. The number of methoxy groups -OCH3 is 1. The van der Waals surface area contributed by atoms with Gasteiger partial charge in [0.2, 0.25) is 0 Å². The number of amides is 1. The number of carbonyl (C=O) groups is 1. The molecule has 1 fully saturated rings. The minimum atomic E-state index is 0.143. The fraction of sp³-hybridized carbons (Fsp3) is 0.500. The van der Waals surface area contributed by atoms with Crippen LogP contribution in [0, 0.1) is 0 Å². The van der Waals surface area contributed by atoms with E-state index in [-0.39, 0.29) is 5.91 Å². The number of likely N-dealkylation sites (tertiary alicyclic amines) is 1. The molecular formula is C22H28N2O2S. The van der Waals surface area contributed by atoms with Gasteiger partial charge in [0.05, 0.1) is 11.5 Å². The molecule has 1 saturated heterocycles. The fourth-order valence-corrected chi connectivity index (χ4v) is 5.44. The second-order valence-corrected chi connectivity index (χ2v) is 8.91. The molecular weight excluding hydrogens is 356 g/mol. The summed E-state index contributed by atoms with van der Waals surface area (Å²) in [5.74, 6) is 0.143. The minimum Gasteiger partial charge on any atom is -0.379 e. The Morgan fingerprint density at radius 3 is 2.67 bits per heavy atom. The number of benzene rings is 1. The second-order valence-electron chi connectivity index (χ2n) is 7.74. The molecule has 2 aromatic rings. The molecule has 1 amide bonds. The third kappa shape index (κ3) is 3.96. The van der Waals surface area contributed by atoms with E-state index < -0.39 is 0 Å². The van der Waals surface area contributed by atoms with Gasteiger partial charge in [0.25, 0.3) is 5.91 Å². The zero-order valence-electron chi connectivity index (χ0n) is 16.2. The highest BCUT2D eigenvalue weighted by Gasteiger charge is 2.33. The van der Waals surface area contributed by atoms with Gasteiger partial charge in [0.1, 0.15) is 0 Å². The van der Waals surface area contributed by atoms with Gasteiger partial charge in [-0.05, 0) is 55.5 Å². The lowest BCUT2D eigenvalue weighted by Crippen LogP contribution is -2.51. The summed E-state index contributed by atoms with van der Waals surface area (Å²) < 4.78 is 5.17. The molecule has 4 rings (SSSR count). The summed E-state index contributed by atoms with van der Waals surface area (Å²) in [7, 11) is 3.65. The smallest absolute Gasteiger partial charge is 0.263 e. The Balaban J connectivity index is 1.39. The van der Waals surface area contributed by atoms with Crippen LogP contribution in [0.3, 0.4) is 0 Å². The van der Waals surface area contributed by atoms with Crippen molar-refractivity contribution in [2.75, 3.05) is 27.2 Å². The molecule has 0 saturated carbocycles. The van der Waals surface area contributed by atoms with E-state index in [0.29, 0.717) is 18.7 Å². The van der Waals surface area contributed by atoms with Gasteiger partial charge in [-0.3, -0.25) is 9.69 Å². The molecule has 1 unspecified atom stereocenters. The number of hydrogen-bond donors (Lipinski definition) is 0. The summed E-state index contributed by atoms with van der Waals surface area (Å²) in [5.41, 5.74) is 3.00. The Morgan fingerprint density at radius 2 is 1.96 bits per heavy atom. The molecule has 0 radical (unpaired) electrons. The zero-order chi connectivity index (χ0) is 18.8. The number of thiophene rings is 1. The average Bonchev–Trinajstić information content (AvgIpc) is 3.34. The summed E-state index contributed by atoms with van der Waals surface area (Å²) in [5, 5.41) is 0. The molecule has 1 aromatic carbocycles. The number of piperidine rings is 1. The van der Waals surface area contributed by atoms with Gasteiger partial charge in [-0.2, -0.15) is 0 Å². The van der Waals surface area contributed by atoms with Crippen LogP contribution in [0.4, 0.5) is 0 Å². The molecule has 1 aromatic heterocycles. The van der Waals surface area contributed by atoms with Crippen molar-refractivity contribution in [3.8, 4) is 0 Å². The molecule has 1 atom stereocenters. The molecule has 4 nitrogen and oxygen atoms in total. The lowest BCUT2D eigenvalue weighted by atomic mass is 10.0. The maximum absolute atomic E-state index is 12.9. The first kappa shape index (κ1) is 18.7. The molecule has 1 aliphatic heterocycles. The maximum Gasteiger partial charge on any atom is 0.263 e. The minimum absolute atomic E-state index is 0.143. The summed E-state index contributed by atoms with van der Waals surface area (Å²) in [6, 6.07) is 13.6. The number of carbonyl (C=O) groups excluding carboxylic acids is 1. The number of hydrogen-bond acceptors (Lipinski definition) is 4. The molecule has 5 heteroatoms. The number of fused-ring (bicyclic) bond motifs is 1. The van der Waals surface area contributed by atoms with E-state index in [9.17, 15) is 4.79 Å². The number of rotatable bonds is 5. The maximum atomic E-state index is 12.9. The lowest BCUT2D eigenvalue weighted by Gasteiger charge is -2.40. The van der Waals surface area contributed by atoms with Crippen LogP contribution in [0.15, 0.2) is 36.4 Å². The van der Waals surface area contributed by atoms with E-state index in [0.717, 1.165) is 48.5 Å². The predicted molar refractivity (Wildman–Crippen MR) is 109 cm³/mol. The van der Waals surface area contributed by atoms with Gasteiger partial charge in [0, 0.05) is 37.7 Å². The van der Waals surface area contributed by atoms with Crippen LogP contribution in [0.2, 0.25) is 0 Å². The van der Waals surface area contributed by atoms with E-state index in [4.69, 9.17) is 4.74 Å². The predicted octanol–water partition coefficient (Wildman–Crippen LogP) is 3.60. The first-order valence-corrected chi connectivity index (χ1v) is 10.6. The van der Waals surface area contributed by atoms with Crippen LogP contribution in [-0.2, 0) is 24.2 Å². The van der Waals surface area contributed by atoms with Gasteiger partial charge in [-0.1, -0.05) is 24.3 Å². The zero-order valence-corrected chi connectivity index (χ0v) is 17.0. The topological polar surface area (TPSA) is 32.8 Å². The molecule has 1 aliphatic carbocycles. The van der Waals surface area contributed by atoms with Crippen LogP contribution in [0.5, 0.6) is 0 Å². The van der Waals surface area contributed by atoms with Gasteiger partial charge in [0.15, 0.2) is 0 Å². The van der Waals surface area contributed by atoms with Crippen LogP contribution >= 0.6 is 11.3 Å². The highest BCUT2D eigenvalue weighted by molar-refractivity contribution is 7.14. The van der Waals surface area contributed by atoms with Crippen molar-refractivity contribution in [2.45, 2.75) is 44.4 Å². The lowest BCUT2D eigenvalue weighted by molar-refractivity contribution is 0.0559. The Kier molecular flexibility index (Phi) is 5.62. The SMILES string of the molecule is COCc1ccc(C(=O)N(C)C2CCCN(C3Cc4ccccc4C3)C2)s1. The summed E-state index contributed by atoms with van der Waals surface area (Å²) >= 11 is 1.55. The Labute approximate surface area is 165 Å². The first-order chi connectivity index (χ1) is 13.2. The Morgan fingerprint density at radius 1 is 1.22 bits per heavy atom. The standard InChI is InChI=1S/C22H28N2O2S/c1-23(22(25)21-10-9-20(27-21)15-26-2)18-8-5-11-24(14-18)19-12-16-6-3-4-7-17(16)13-19/h3-4,6-7,9-10,18-19H,5,8,11-15H2,1-2H3. The fourth-order valence-electron chi connectivity index (χ4n) is 4.48. The van der Waals surface area contributed by atoms with Crippen molar-refractivity contribution < 1.29 is 9.53 Å². The number of ether oxygens (including phenoxy) is 1. The second kappa shape index (κ2) is 8.13. The van der Waals surface area contributed by atoms with Crippen LogP contribution in [-0.4, -0.2) is 55.0 Å². The van der Waals surface area contributed by atoms with Crippen LogP contribution in [0.1, 0.15) is 38.5 Å². The normalized spacial score (nSPS) is 20.6. The molecule has 0 N–H and O–H groups in total. The summed E-state index contributed by atoms with van der Waals surface area (Å²) in [6.45, 7) is 2.70. The third-order valence-corrected chi connectivity index (χ3v) is 7.05. The van der Waals surface area contributed by atoms with Gasteiger partial charge >= 0.3 is 0 Å². The van der Waals surface area contributed by atoms with E-state index in [1.54, 1.807) is 18.4 Å². The van der Waals surface area contributed by atoms with Crippen molar-refractivity contribution in [2.24, 2.45) is 0 Å². The average molecular weight is 385 g/mol. The number of likely N-dealkylation sites (N-methyl/N-ethyl adjacent to an activating group) is 1. The summed E-state index contributed by atoms with van der Waals surface area (Å²) in [6.07, 6.45) is 4.54. The Bertz CT molecular complexity index is 778. The quantitative estimate of drug-likeness (QED) is 0.790. The van der Waals surface area contributed by atoms with Crippen molar-refractivity contribution in [3.63, 3.8) is 0 Å². The largest absolute Gasteiger partial charge is 0.379 e. The van der Waals surface area contributed by atoms with E-state index in [1.807, 2.05) is 24.1 Å². The molecule has 0 bridgehead atoms. The molecule has 27 heavy (non-hydrogen) atoms. The first-order valence-electron chi connectivity index (χ1n) is 9.81. The van der Waals surface area contributed by atoms with Crippen LogP contribution in [0.25, 0.3) is 0 Å². The van der Waals surface area contributed by atoms with Gasteiger partial charge < -0.3 is 9.64 Å². The highest BCUT2D eigenvalue weighted by atomic mass is 32.1. The van der Waals surface area contributed by atoms with E-state index >= 15 is 0 Å². The van der Waals surface area contributed by atoms with E-state index in [2.05, 4.69) is 29.2 Å². The molecule has 144 valence electrons. The van der Waals surface area contributed by atoms with Crippen molar-refractivity contribution in [3.05, 3.63) is 57.3 Å². The van der Waals surface area contributed by atoms with Gasteiger partial charge in [-0.15, -0.1) is 11.3 Å². The van der Waals surface area contributed by atoms with Gasteiger partial charge in [-0.25, -0.2) is 0 Å². The molecule has 2 heterocycles. The van der Waals surface area contributed by atoms with Crippen molar-refractivity contribution in [1.82, 2.24) is 9.80 Å². The summed E-state index contributed by atoms with van der Waals surface area (Å²) in [4.78, 5) is 19.4. The van der Waals surface area contributed by atoms with Crippen molar-refractivity contribution >= 4 is 17.2 Å². The molecule has 2 aliphatic rings. The molecule has 0 spiro atoms. The third-order valence-electron chi connectivity index (χ3n) is 6.00. The van der Waals surface area contributed by atoms with Crippen LogP contribution < -0.4 is 0 Å². The van der Waals surface area contributed by atoms with Crippen molar-refractivity contribution in [1.29, 1.82) is 0 Å².